The summed E-state index contributed by atoms with van der Waals surface area (Å²) in [6, 6.07) is 18.7. The van der Waals surface area contributed by atoms with Crippen LogP contribution >= 0.6 is 11.8 Å². The van der Waals surface area contributed by atoms with Crippen LogP contribution in [-0.2, 0) is 11.3 Å². The number of hydrogen-bond acceptors (Lipinski definition) is 4. The van der Waals surface area contributed by atoms with Crippen LogP contribution < -0.4 is 10.2 Å². The van der Waals surface area contributed by atoms with Crippen molar-refractivity contribution in [1.82, 2.24) is 5.32 Å². The van der Waals surface area contributed by atoms with Crippen molar-refractivity contribution < 1.29 is 14.0 Å². The normalized spacial score (nSPS) is 10.5. The number of carbonyl (C=O) groups is 2. The third-order valence-electron chi connectivity index (χ3n) is 4.27. The minimum absolute atomic E-state index is 0.0724. The van der Waals surface area contributed by atoms with Crippen LogP contribution in [0.4, 0.5) is 5.69 Å². The van der Waals surface area contributed by atoms with Crippen LogP contribution in [0.2, 0.25) is 0 Å². The Balaban J connectivity index is 1.65. The molecule has 0 aliphatic carbocycles. The molecule has 1 aromatic heterocycles. The van der Waals surface area contributed by atoms with Gasteiger partial charge in [-0.2, -0.15) is 0 Å². The summed E-state index contributed by atoms with van der Waals surface area (Å²) in [5.74, 6) is 0.640. The average molecular weight is 394 g/mol. The van der Waals surface area contributed by atoms with E-state index in [-0.39, 0.29) is 11.8 Å². The lowest BCUT2D eigenvalue weighted by Gasteiger charge is -2.20. The summed E-state index contributed by atoms with van der Waals surface area (Å²) < 4.78 is 5.24. The van der Waals surface area contributed by atoms with Crippen LogP contribution in [0.15, 0.2) is 76.2 Å². The van der Waals surface area contributed by atoms with Crippen LogP contribution in [0.1, 0.15) is 21.7 Å². The maximum Gasteiger partial charge on any atom is 0.253 e. The van der Waals surface area contributed by atoms with Crippen molar-refractivity contribution in [2.75, 3.05) is 17.7 Å². The van der Waals surface area contributed by atoms with Crippen LogP contribution in [0.5, 0.6) is 0 Å². The monoisotopic (exact) mass is 394 g/mol. The molecule has 2 aromatic carbocycles. The molecule has 0 atom stereocenters. The summed E-state index contributed by atoms with van der Waals surface area (Å²) >= 11 is 1.48. The molecule has 0 fully saturated rings. The van der Waals surface area contributed by atoms with E-state index in [1.54, 1.807) is 43.6 Å². The van der Waals surface area contributed by atoms with E-state index in [9.17, 15) is 9.59 Å². The van der Waals surface area contributed by atoms with E-state index in [0.29, 0.717) is 29.3 Å². The second-order valence-electron chi connectivity index (χ2n) is 6.33. The van der Waals surface area contributed by atoms with Gasteiger partial charge in [0.1, 0.15) is 5.76 Å². The smallest absolute Gasteiger partial charge is 0.253 e. The second kappa shape index (κ2) is 9.28. The molecule has 0 aliphatic heterocycles. The van der Waals surface area contributed by atoms with E-state index in [0.717, 1.165) is 4.90 Å². The van der Waals surface area contributed by atoms with Gasteiger partial charge in [-0.15, -0.1) is 11.8 Å². The zero-order chi connectivity index (χ0) is 19.9. The SMILES string of the molecule is Cc1ccc(SCC(=O)N(C)c2ccccc2C(=O)NCc2ccco2)cc1. The van der Waals surface area contributed by atoms with E-state index in [2.05, 4.69) is 5.32 Å². The van der Waals surface area contributed by atoms with Crippen molar-refractivity contribution in [2.24, 2.45) is 0 Å². The summed E-state index contributed by atoms with van der Waals surface area (Å²) in [7, 11) is 1.69. The van der Waals surface area contributed by atoms with Crippen molar-refractivity contribution in [3.05, 3.63) is 83.8 Å². The van der Waals surface area contributed by atoms with E-state index >= 15 is 0 Å². The van der Waals surface area contributed by atoms with E-state index in [1.165, 1.54) is 22.2 Å². The Morgan fingerprint density at radius 3 is 2.50 bits per heavy atom. The van der Waals surface area contributed by atoms with Crippen LogP contribution in [0, 0.1) is 6.92 Å². The number of carbonyl (C=O) groups excluding carboxylic acids is 2. The van der Waals surface area contributed by atoms with Gasteiger partial charge in [-0.25, -0.2) is 0 Å². The molecule has 0 spiro atoms. The number of thioether (sulfide) groups is 1. The number of furan rings is 1. The van der Waals surface area contributed by atoms with Crippen molar-refractivity contribution in [2.45, 2.75) is 18.4 Å². The molecular weight excluding hydrogens is 372 g/mol. The Bertz CT molecular complexity index is 937. The number of nitrogens with one attached hydrogen (secondary N) is 1. The van der Waals surface area contributed by atoms with Gasteiger partial charge in [-0.05, 0) is 43.3 Å². The maximum absolute atomic E-state index is 12.7. The number of rotatable bonds is 7. The van der Waals surface area contributed by atoms with Gasteiger partial charge in [0, 0.05) is 11.9 Å². The van der Waals surface area contributed by atoms with Gasteiger partial charge in [0.15, 0.2) is 0 Å². The zero-order valence-electron chi connectivity index (χ0n) is 15.8. The number of hydrogen-bond donors (Lipinski definition) is 1. The lowest BCUT2D eigenvalue weighted by Crippen LogP contribution is -2.31. The molecule has 2 amide bonds. The number of amides is 2. The molecule has 0 unspecified atom stereocenters. The maximum atomic E-state index is 12.7. The molecule has 0 saturated carbocycles. The fourth-order valence-electron chi connectivity index (χ4n) is 2.64. The largest absolute Gasteiger partial charge is 0.467 e. The molecule has 0 radical (unpaired) electrons. The summed E-state index contributed by atoms with van der Waals surface area (Å²) in [5, 5.41) is 2.82. The standard InChI is InChI=1S/C22H22N2O3S/c1-16-9-11-18(12-10-16)28-15-21(25)24(2)20-8-4-3-7-19(20)22(26)23-14-17-6-5-13-27-17/h3-13H,14-15H2,1-2H3,(H,23,26). The molecule has 5 nitrogen and oxygen atoms in total. The van der Waals surface area contributed by atoms with Crippen LogP contribution in [0.25, 0.3) is 0 Å². The van der Waals surface area contributed by atoms with Gasteiger partial charge in [-0.1, -0.05) is 29.8 Å². The first-order valence-electron chi connectivity index (χ1n) is 8.90. The molecule has 144 valence electrons. The van der Waals surface area contributed by atoms with Gasteiger partial charge in [0.2, 0.25) is 5.91 Å². The van der Waals surface area contributed by atoms with Gasteiger partial charge >= 0.3 is 0 Å². The zero-order valence-corrected chi connectivity index (χ0v) is 16.7. The molecule has 3 rings (SSSR count). The summed E-state index contributed by atoms with van der Waals surface area (Å²) in [6.07, 6.45) is 1.56. The molecule has 1 N–H and O–H groups in total. The summed E-state index contributed by atoms with van der Waals surface area (Å²) in [4.78, 5) is 27.8. The number of para-hydroxylation sites is 1. The lowest BCUT2D eigenvalue weighted by molar-refractivity contribution is -0.115. The van der Waals surface area contributed by atoms with Crippen molar-refractivity contribution in [3.8, 4) is 0 Å². The molecule has 0 aliphatic rings. The van der Waals surface area contributed by atoms with Gasteiger partial charge in [0.05, 0.1) is 29.8 Å². The number of benzene rings is 2. The van der Waals surface area contributed by atoms with E-state index in [4.69, 9.17) is 4.42 Å². The highest BCUT2D eigenvalue weighted by Crippen LogP contribution is 2.23. The lowest BCUT2D eigenvalue weighted by atomic mass is 10.1. The second-order valence-corrected chi connectivity index (χ2v) is 7.38. The minimum atomic E-state index is -0.252. The fourth-order valence-corrected chi connectivity index (χ4v) is 3.46. The molecular formula is C22H22N2O3S. The molecule has 1 heterocycles. The topological polar surface area (TPSA) is 62.6 Å². The Kier molecular flexibility index (Phi) is 6.55. The average Bonchev–Trinajstić information content (AvgIpc) is 3.24. The van der Waals surface area contributed by atoms with Gasteiger partial charge in [0.25, 0.3) is 5.91 Å². The third kappa shape index (κ3) is 5.04. The highest BCUT2D eigenvalue weighted by molar-refractivity contribution is 8.00. The van der Waals surface area contributed by atoms with Crippen LogP contribution in [0.3, 0.4) is 0 Å². The molecule has 0 saturated heterocycles. The first kappa shape index (κ1) is 19.8. The van der Waals surface area contributed by atoms with Crippen molar-refractivity contribution >= 4 is 29.3 Å². The Morgan fingerprint density at radius 1 is 1.04 bits per heavy atom. The minimum Gasteiger partial charge on any atom is -0.467 e. The number of nitrogens with zero attached hydrogens (tertiary/aromatic N) is 1. The number of aryl methyl sites for hydroxylation is 1. The highest BCUT2D eigenvalue weighted by atomic mass is 32.2. The predicted octanol–water partition coefficient (Wildman–Crippen LogP) is 4.27. The fraction of sp³-hybridized carbons (Fsp3) is 0.182. The van der Waals surface area contributed by atoms with Crippen molar-refractivity contribution in [3.63, 3.8) is 0 Å². The predicted molar refractivity (Wildman–Crippen MR) is 112 cm³/mol. The van der Waals surface area contributed by atoms with E-state index in [1.807, 2.05) is 37.3 Å². The molecule has 6 heteroatoms. The first-order chi connectivity index (χ1) is 13.5. The highest BCUT2D eigenvalue weighted by Gasteiger charge is 2.18. The van der Waals surface area contributed by atoms with E-state index < -0.39 is 0 Å². The number of anilines is 1. The van der Waals surface area contributed by atoms with Crippen molar-refractivity contribution in [1.29, 1.82) is 0 Å². The first-order valence-corrected chi connectivity index (χ1v) is 9.89. The van der Waals surface area contributed by atoms with Gasteiger partial charge < -0.3 is 14.6 Å². The Hall–Kier alpha value is -2.99. The molecule has 0 bridgehead atoms. The van der Waals surface area contributed by atoms with Gasteiger partial charge in [-0.3, -0.25) is 9.59 Å². The quantitative estimate of drug-likeness (QED) is 0.608. The molecule has 28 heavy (non-hydrogen) atoms. The molecule has 3 aromatic rings. The van der Waals surface area contributed by atoms with Crippen LogP contribution in [-0.4, -0.2) is 24.6 Å². The Morgan fingerprint density at radius 2 is 1.79 bits per heavy atom. The summed E-state index contributed by atoms with van der Waals surface area (Å²) in [6.45, 7) is 2.32. The Labute approximate surface area is 168 Å². The third-order valence-corrected chi connectivity index (χ3v) is 5.27. The summed E-state index contributed by atoms with van der Waals surface area (Å²) in [5.41, 5.74) is 2.21.